The van der Waals surface area contributed by atoms with Gasteiger partial charge in [-0.2, -0.15) is 15.2 Å². The Labute approximate surface area is 324 Å². The standard InChI is InChI=1S/C50H38N6/c51-30-31-21-22-44(55-41-17-7-4-13-37(41)38-14-5-8-18-42(38)55)40(26-31)47-52-48(50-27-32-23-33(28-50)25-34(24-32)29-50)54-49(53-47)56-43-19-9-6-15-39(43)46-36(16-10-20-45(46)56)35-11-2-1-3-12-35/h1-22,26,32-34H,23-25,27-29H2. The van der Waals surface area contributed by atoms with E-state index in [1.165, 1.54) is 46.5 Å². The molecule has 3 aromatic heterocycles. The number of aromatic nitrogens is 5. The summed E-state index contributed by atoms with van der Waals surface area (Å²) in [6.45, 7) is 0. The van der Waals surface area contributed by atoms with E-state index in [9.17, 15) is 5.26 Å². The molecule has 4 saturated carbocycles. The molecule has 56 heavy (non-hydrogen) atoms. The zero-order valence-electron chi connectivity index (χ0n) is 30.9. The Balaban J connectivity index is 1.17. The summed E-state index contributed by atoms with van der Waals surface area (Å²) in [5.74, 6) is 4.33. The predicted molar refractivity (Wildman–Crippen MR) is 224 cm³/mol. The van der Waals surface area contributed by atoms with Crippen LogP contribution >= 0.6 is 0 Å². The highest BCUT2D eigenvalue weighted by Gasteiger charge is 2.53. The van der Waals surface area contributed by atoms with Crippen molar-refractivity contribution in [3.05, 3.63) is 151 Å². The second-order valence-electron chi connectivity index (χ2n) is 16.6. The summed E-state index contributed by atoms with van der Waals surface area (Å²) in [7, 11) is 0. The van der Waals surface area contributed by atoms with Gasteiger partial charge in [0.25, 0.3) is 0 Å². The van der Waals surface area contributed by atoms with E-state index in [1.807, 2.05) is 12.1 Å². The molecule has 0 saturated heterocycles. The highest BCUT2D eigenvalue weighted by molar-refractivity contribution is 6.15. The molecule has 13 rings (SSSR count). The first-order valence-electron chi connectivity index (χ1n) is 20.0. The minimum atomic E-state index is -0.0883. The average Bonchev–Trinajstić information content (AvgIpc) is 3.76. The van der Waals surface area contributed by atoms with Gasteiger partial charge in [-0.25, -0.2) is 4.98 Å². The quantitative estimate of drug-likeness (QED) is 0.177. The third-order valence-corrected chi connectivity index (χ3v) is 13.3. The monoisotopic (exact) mass is 722 g/mol. The van der Waals surface area contributed by atoms with Crippen LogP contribution in [-0.2, 0) is 5.41 Å². The van der Waals surface area contributed by atoms with Gasteiger partial charge in [0.15, 0.2) is 5.82 Å². The first-order valence-corrected chi connectivity index (χ1v) is 20.0. The summed E-state index contributed by atoms with van der Waals surface area (Å²) in [4.78, 5) is 16.7. The number of nitrogens with zero attached hydrogens (tertiary/aromatic N) is 6. The molecule has 0 N–H and O–H groups in total. The smallest absolute Gasteiger partial charge is 0.238 e. The number of para-hydroxylation sites is 3. The lowest BCUT2D eigenvalue weighted by Gasteiger charge is -2.55. The second kappa shape index (κ2) is 12.0. The van der Waals surface area contributed by atoms with Gasteiger partial charge in [-0.05, 0) is 110 Å². The molecule has 4 bridgehead atoms. The third kappa shape index (κ3) is 4.64. The molecular formula is C50H38N6. The number of nitriles is 1. The Kier molecular flexibility index (Phi) is 6.78. The van der Waals surface area contributed by atoms with Gasteiger partial charge in [0, 0.05) is 32.5 Å². The lowest BCUT2D eigenvalue weighted by molar-refractivity contribution is -0.00944. The highest BCUT2D eigenvalue weighted by atomic mass is 15.2. The van der Waals surface area contributed by atoms with Crippen molar-refractivity contribution >= 4 is 43.6 Å². The summed E-state index contributed by atoms with van der Waals surface area (Å²) < 4.78 is 4.59. The van der Waals surface area contributed by atoms with Crippen molar-refractivity contribution in [3.63, 3.8) is 0 Å². The zero-order valence-corrected chi connectivity index (χ0v) is 30.9. The maximum atomic E-state index is 10.3. The Morgan fingerprint density at radius 3 is 1.79 bits per heavy atom. The maximum Gasteiger partial charge on any atom is 0.238 e. The number of hydrogen-bond donors (Lipinski definition) is 0. The third-order valence-electron chi connectivity index (χ3n) is 13.3. The molecule has 4 fully saturated rings. The van der Waals surface area contributed by atoms with Gasteiger partial charge in [0.05, 0.1) is 39.4 Å². The Morgan fingerprint density at radius 2 is 1.12 bits per heavy atom. The minimum Gasteiger partial charge on any atom is -0.309 e. The first-order chi connectivity index (χ1) is 27.6. The van der Waals surface area contributed by atoms with Crippen LogP contribution in [0.1, 0.15) is 49.9 Å². The van der Waals surface area contributed by atoms with Crippen molar-refractivity contribution in [3.8, 4) is 40.2 Å². The molecule has 4 aliphatic carbocycles. The summed E-state index contributed by atoms with van der Waals surface area (Å²) in [6.07, 6.45) is 7.39. The van der Waals surface area contributed by atoms with Crippen LogP contribution in [0.3, 0.4) is 0 Å². The van der Waals surface area contributed by atoms with Crippen molar-refractivity contribution in [2.45, 2.75) is 43.9 Å². The number of fused-ring (bicyclic) bond motifs is 6. The molecule has 0 aliphatic heterocycles. The first kappa shape index (κ1) is 31.7. The van der Waals surface area contributed by atoms with Gasteiger partial charge in [0.2, 0.25) is 5.95 Å². The van der Waals surface area contributed by atoms with E-state index in [0.717, 1.165) is 81.5 Å². The average molecular weight is 723 g/mol. The molecule has 0 spiro atoms. The van der Waals surface area contributed by atoms with E-state index in [0.29, 0.717) is 17.3 Å². The van der Waals surface area contributed by atoms with Crippen LogP contribution in [-0.4, -0.2) is 24.1 Å². The van der Waals surface area contributed by atoms with E-state index < -0.39 is 0 Å². The van der Waals surface area contributed by atoms with Gasteiger partial charge >= 0.3 is 0 Å². The van der Waals surface area contributed by atoms with Gasteiger partial charge in [-0.3, -0.25) is 4.57 Å². The van der Waals surface area contributed by atoms with Gasteiger partial charge in [-0.15, -0.1) is 0 Å². The summed E-state index contributed by atoms with van der Waals surface area (Å²) in [5, 5.41) is 15.0. The molecule has 0 amide bonds. The molecule has 4 aliphatic rings. The van der Waals surface area contributed by atoms with E-state index in [1.54, 1.807) is 0 Å². The fourth-order valence-electron chi connectivity index (χ4n) is 11.5. The van der Waals surface area contributed by atoms with Crippen molar-refractivity contribution in [2.75, 3.05) is 0 Å². The second-order valence-corrected chi connectivity index (χ2v) is 16.6. The van der Waals surface area contributed by atoms with Crippen molar-refractivity contribution in [2.24, 2.45) is 17.8 Å². The van der Waals surface area contributed by atoms with E-state index in [2.05, 4.69) is 143 Å². The lowest BCUT2D eigenvalue weighted by Crippen LogP contribution is -2.49. The van der Waals surface area contributed by atoms with Gasteiger partial charge in [0.1, 0.15) is 5.82 Å². The minimum absolute atomic E-state index is 0.0883. The fourth-order valence-corrected chi connectivity index (χ4v) is 11.5. The topological polar surface area (TPSA) is 72.3 Å². The highest BCUT2D eigenvalue weighted by Crippen LogP contribution is 2.60. The van der Waals surface area contributed by atoms with Gasteiger partial charge in [-0.1, -0.05) is 97.1 Å². The van der Waals surface area contributed by atoms with Crippen LogP contribution in [0.4, 0.5) is 0 Å². The van der Waals surface area contributed by atoms with E-state index >= 15 is 0 Å². The van der Waals surface area contributed by atoms with Crippen LogP contribution in [0.5, 0.6) is 0 Å². The molecule has 3 heterocycles. The van der Waals surface area contributed by atoms with E-state index in [4.69, 9.17) is 15.0 Å². The summed E-state index contributed by atoms with van der Waals surface area (Å²) >= 11 is 0. The Bertz CT molecular complexity index is 3000. The van der Waals surface area contributed by atoms with Crippen LogP contribution in [0.25, 0.3) is 77.8 Å². The molecule has 6 heteroatoms. The fraction of sp³-hybridized carbons (Fsp3) is 0.200. The molecule has 0 atom stereocenters. The van der Waals surface area contributed by atoms with Crippen LogP contribution in [0.2, 0.25) is 0 Å². The van der Waals surface area contributed by atoms with Gasteiger partial charge < -0.3 is 4.57 Å². The predicted octanol–water partition coefficient (Wildman–Crippen LogP) is 11.7. The Morgan fingerprint density at radius 1 is 0.536 bits per heavy atom. The Hall–Kier alpha value is -6.58. The van der Waals surface area contributed by atoms with Crippen molar-refractivity contribution in [1.82, 2.24) is 24.1 Å². The van der Waals surface area contributed by atoms with Crippen LogP contribution in [0, 0.1) is 29.1 Å². The number of rotatable bonds is 5. The molecule has 6 nitrogen and oxygen atoms in total. The van der Waals surface area contributed by atoms with Crippen LogP contribution < -0.4 is 0 Å². The zero-order chi connectivity index (χ0) is 37.0. The molecule has 268 valence electrons. The molecule has 9 aromatic rings. The number of benzene rings is 6. The molecule has 0 radical (unpaired) electrons. The van der Waals surface area contributed by atoms with Crippen molar-refractivity contribution in [1.29, 1.82) is 5.26 Å². The SMILES string of the molecule is N#Cc1ccc(-n2c3ccccc3c3ccccc32)c(-c2nc(-n3c4ccccc4c4c(-c5ccccc5)cccc43)nc(C34CC5CC(CC(C5)C3)C4)n2)c1. The largest absolute Gasteiger partial charge is 0.309 e. The van der Waals surface area contributed by atoms with E-state index in [-0.39, 0.29) is 5.41 Å². The van der Waals surface area contributed by atoms with Crippen molar-refractivity contribution < 1.29 is 0 Å². The number of hydrogen-bond acceptors (Lipinski definition) is 4. The maximum absolute atomic E-state index is 10.3. The summed E-state index contributed by atoms with van der Waals surface area (Å²) in [5.41, 5.74) is 8.96. The molecule has 0 unspecified atom stereocenters. The normalized spacial score (nSPS) is 21.4. The van der Waals surface area contributed by atoms with Crippen LogP contribution in [0.15, 0.2) is 140 Å². The summed E-state index contributed by atoms with van der Waals surface area (Å²) in [6, 6.07) is 51.4. The molecule has 6 aromatic carbocycles. The molecular weight excluding hydrogens is 685 g/mol. The lowest BCUT2D eigenvalue weighted by atomic mass is 9.49.